The van der Waals surface area contributed by atoms with Crippen LogP contribution in [0.2, 0.25) is 0 Å². The van der Waals surface area contributed by atoms with E-state index in [-0.39, 0.29) is 18.8 Å². The molecule has 1 aliphatic heterocycles. The van der Waals surface area contributed by atoms with Crippen LogP contribution in [0, 0.1) is 11.8 Å². The van der Waals surface area contributed by atoms with E-state index < -0.39 is 0 Å². The van der Waals surface area contributed by atoms with Gasteiger partial charge in [-0.3, -0.25) is 0 Å². The van der Waals surface area contributed by atoms with Crippen molar-refractivity contribution in [1.82, 2.24) is 0 Å². The van der Waals surface area contributed by atoms with Crippen LogP contribution >= 0.6 is 0 Å². The molecule has 0 unspecified atom stereocenters. The van der Waals surface area contributed by atoms with Crippen LogP contribution in [0.1, 0.15) is 11.7 Å². The van der Waals surface area contributed by atoms with E-state index in [0.29, 0.717) is 13.2 Å². The summed E-state index contributed by atoms with van der Waals surface area (Å²) in [7, 11) is 0. The monoisotopic (exact) mass is 218 g/mol. The second-order valence-corrected chi connectivity index (χ2v) is 3.53. The first kappa shape index (κ1) is 11.2. The highest BCUT2D eigenvalue weighted by atomic mass is 16.6. The summed E-state index contributed by atoms with van der Waals surface area (Å²) in [6.45, 7) is 0.789. The highest BCUT2D eigenvalue weighted by Gasteiger charge is 2.39. The maximum absolute atomic E-state index is 8.42. The molecule has 1 N–H and O–H groups in total. The van der Waals surface area contributed by atoms with Gasteiger partial charge in [0.2, 0.25) is 0 Å². The Hall–Kier alpha value is -1.34. The Morgan fingerprint density at radius 1 is 1.25 bits per heavy atom. The number of ether oxygens (including phenoxy) is 2. The third-order valence-corrected chi connectivity index (χ3v) is 2.37. The summed E-state index contributed by atoms with van der Waals surface area (Å²) in [5.74, 6) is 5.22. The van der Waals surface area contributed by atoms with Crippen LogP contribution in [0.15, 0.2) is 30.3 Å². The Balaban J connectivity index is 1.68. The van der Waals surface area contributed by atoms with Crippen LogP contribution in [-0.4, -0.2) is 31.0 Å². The van der Waals surface area contributed by atoms with E-state index in [4.69, 9.17) is 14.6 Å². The molecule has 3 heteroatoms. The quantitative estimate of drug-likeness (QED) is 0.468. The van der Waals surface area contributed by atoms with Gasteiger partial charge in [0.1, 0.15) is 25.4 Å². The Labute approximate surface area is 95.0 Å². The Kier molecular flexibility index (Phi) is 3.95. The number of hydrogen-bond acceptors (Lipinski definition) is 3. The van der Waals surface area contributed by atoms with Gasteiger partial charge in [0.05, 0.1) is 6.61 Å². The molecule has 1 saturated heterocycles. The normalized spacial score (nSPS) is 22.3. The SMILES string of the molecule is OCC#CCOC[C@@H]1O[C@H]1c1ccccc1. The fourth-order valence-electron chi connectivity index (χ4n) is 1.54. The van der Waals surface area contributed by atoms with Gasteiger partial charge in [0.15, 0.2) is 0 Å². The Bertz CT molecular complexity index is 377. The minimum atomic E-state index is -0.115. The molecule has 0 amide bonds. The van der Waals surface area contributed by atoms with E-state index >= 15 is 0 Å². The molecule has 16 heavy (non-hydrogen) atoms. The van der Waals surface area contributed by atoms with Crippen molar-refractivity contribution in [2.75, 3.05) is 19.8 Å². The van der Waals surface area contributed by atoms with Gasteiger partial charge in [-0.05, 0) is 5.56 Å². The van der Waals surface area contributed by atoms with Gasteiger partial charge in [-0.2, -0.15) is 0 Å². The maximum atomic E-state index is 8.42. The third-order valence-electron chi connectivity index (χ3n) is 2.37. The topological polar surface area (TPSA) is 42.0 Å². The smallest absolute Gasteiger partial charge is 0.112 e. The zero-order valence-electron chi connectivity index (χ0n) is 8.93. The van der Waals surface area contributed by atoms with E-state index in [1.807, 2.05) is 18.2 Å². The zero-order valence-corrected chi connectivity index (χ0v) is 8.93. The average Bonchev–Trinajstić information content (AvgIpc) is 3.10. The lowest BCUT2D eigenvalue weighted by Gasteiger charge is -1.96. The van der Waals surface area contributed by atoms with Gasteiger partial charge < -0.3 is 14.6 Å². The Morgan fingerprint density at radius 3 is 2.81 bits per heavy atom. The molecule has 2 atom stereocenters. The summed E-state index contributed by atoms with van der Waals surface area (Å²) in [6, 6.07) is 10.1. The third kappa shape index (κ3) is 3.07. The molecule has 3 nitrogen and oxygen atoms in total. The summed E-state index contributed by atoms with van der Waals surface area (Å²) in [5.41, 5.74) is 1.19. The Morgan fingerprint density at radius 2 is 2.06 bits per heavy atom. The molecule has 1 aromatic carbocycles. The molecule has 0 spiro atoms. The van der Waals surface area contributed by atoms with Gasteiger partial charge in [-0.25, -0.2) is 0 Å². The second kappa shape index (κ2) is 5.66. The van der Waals surface area contributed by atoms with Crippen molar-refractivity contribution < 1.29 is 14.6 Å². The molecule has 0 aromatic heterocycles. The van der Waals surface area contributed by atoms with Crippen molar-refractivity contribution in [2.45, 2.75) is 12.2 Å². The molecule has 84 valence electrons. The zero-order chi connectivity index (χ0) is 11.2. The number of epoxide rings is 1. The van der Waals surface area contributed by atoms with Crippen molar-refractivity contribution in [3.05, 3.63) is 35.9 Å². The van der Waals surface area contributed by atoms with Gasteiger partial charge in [0.25, 0.3) is 0 Å². The second-order valence-electron chi connectivity index (χ2n) is 3.53. The predicted octanol–water partition coefficient (Wildman–Crippen LogP) is 1.14. The fourth-order valence-corrected chi connectivity index (χ4v) is 1.54. The van der Waals surface area contributed by atoms with Crippen LogP contribution < -0.4 is 0 Å². The number of aliphatic hydroxyl groups is 1. The van der Waals surface area contributed by atoms with Crippen molar-refractivity contribution in [3.8, 4) is 11.8 Å². The molecule has 0 bridgehead atoms. The molecule has 2 rings (SSSR count). The molecule has 1 fully saturated rings. The molecular weight excluding hydrogens is 204 g/mol. The highest BCUT2D eigenvalue weighted by Crippen LogP contribution is 2.38. The summed E-state index contributed by atoms with van der Waals surface area (Å²) in [5, 5.41) is 8.42. The van der Waals surface area contributed by atoms with Crippen LogP contribution in [0.5, 0.6) is 0 Å². The highest BCUT2D eigenvalue weighted by molar-refractivity contribution is 5.22. The molecule has 0 saturated carbocycles. The number of rotatable bonds is 4. The first-order valence-electron chi connectivity index (χ1n) is 5.26. The number of hydrogen-bond donors (Lipinski definition) is 1. The molecule has 1 aliphatic rings. The van der Waals surface area contributed by atoms with Crippen LogP contribution in [0.3, 0.4) is 0 Å². The first-order chi connectivity index (χ1) is 7.92. The van der Waals surface area contributed by atoms with E-state index in [1.54, 1.807) is 0 Å². The lowest BCUT2D eigenvalue weighted by Crippen LogP contribution is -2.02. The lowest BCUT2D eigenvalue weighted by molar-refractivity contribution is 0.144. The lowest BCUT2D eigenvalue weighted by atomic mass is 10.1. The summed E-state index contributed by atoms with van der Waals surface area (Å²) < 4.78 is 10.8. The predicted molar refractivity (Wildman–Crippen MR) is 59.7 cm³/mol. The largest absolute Gasteiger partial charge is 0.384 e. The summed E-state index contributed by atoms with van der Waals surface area (Å²) in [6.07, 6.45) is 0.324. The number of aliphatic hydroxyl groups excluding tert-OH is 1. The van der Waals surface area contributed by atoms with E-state index in [9.17, 15) is 0 Å². The van der Waals surface area contributed by atoms with Crippen molar-refractivity contribution in [3.63, 3.8) is 0 Å². The standard InChI is InChI=1S/C13H14O3/c14-8-4-5-9-15-10-12-13(16-12)11-6-2-1-3-7-11/h1-3,6-7,12-14H,8-10H2/t12-,13-/m0/s1. The van der Waals surface area contributed by atoms with Crippen LogP contribution in [0.4, 0.5) is 0 Å². The molecule has 0 aliphatic carbocycles. The maximum Gasteiger partial charge on any atom is 0.112 e. The summed E-state index contributed by atoms with van der Waals surface area (Å²) in [4.78, 5) is 0. The minimum absolute atomic E-state index is 0.115. The number of benzene rings is 1. The molecule has 0 radical (unpaired) electrons. The van der Waals surface area contributed by atoms with Gasteiger partial charge in [0, 0.05) is 0 Å². The van der Waals surface area contributed by atoms with Crippen molar-refractivity contribution >= 4 is 0 Å². The van der Waals surface area contributed by atoms with E-state index in [0.717, 1.165) is 0 Å². The van der Waals surface area contributed by atoms with E-state index in [1.165, 1.54) is 5.56 Å². The fraction of sp³-hybridized carbons (Fsp3) is 0.385. The minimum Gasteiger partial charge on any atom is -0.384 e. The van der Waals surface area contributed by atoms with Crippen LogP contribution in [0.25, 0.3) is 0 Å². The molecule has 1 aromatic rings. The van der Waals surface area contributed by atoms with Gasteiger partial charge in [-0.1, -0.05) is 42.2 Å². The van der Waals surface area contributed by atoms with Gasteiger partial charge in [-0.15, -0.1) is 0 Å². The van der Waals surface area contributed by atoms with Crippen molar-refractivity contribution in [1.29, 1.82) is 0 Å². The molecule has 1 heterocycles. The van der Waals surface area contributed by atoms with Crippen LogP contribution in [-0.2, 0) is 9.47 Å². The summed E-state index contributed by atoms with van der Waals surface area (Å²) >= 11 is 0. The molecular formula is C13H14O3. The average molecular weight is 218 g/mol. The first-order valence-corrected chi connectivity index (χ1v) is 5.26. The van der Waals surface area contributed by atoms with Gasteiger partial charge >= 0.3 is 0 Å². The van der Waals surface area contributed by atoms with E-state index in [2.05, 4.69) is 24.0 Å². The van der Waals surface area contributed by atoms with Crippen molar-refractivity contribution in [2.24, 2.45) is 0 Å².